The minimum absolute atomic E-state index is 0.0765. The number of hydrogen-bond donors (Lipinski definition) is 1. The molecule has 0 aliphatic rings. The van der Waals surface area contributed by atoms with Crippen LogP contribution in [0.25, 0.3) is 11.1 Å². The lowest BCUT2D eigenvalue weighted by atomic mass is 10.1. The highest BCUT2D eigenvalue weighted by molar-refractivity contribution is 5.64. The number of nitrogens with two attached hydrogens (primary N) is 1. The molecule has 2 N–H and O–H groups in total. The van der Waals surface area contributed by atoms with Crippen LogP contribution in [0.15, 0.2) is 36.5 Å². The number of nitrogens with zero attached hydrogens (tertiary/aromatic N) is 1. The van der Waals surface area contributed by atoms with E-state index in [1.54, 1.807) is 12.1 Å². The Labute approximate surface area is 85.4 Å². The van der Waals surface area contributed by atoms with Gasteiger partial charge in [-0.3, -0.25) is 0 Å². The Morgan fingerprint density at radius 1 is 1.00 bits per heavy atom. The highest BCUT2D eigenvalue weighted by Crippen LogP contribution is 2.25. The summed E-state index contributed by atoms with van der Waals surface area (Å²) in [5.74, 6) is -0.983. The molecule has 76 valence electrons. The number of halogens is 2. The molecule has 0 spiro atoms. The van der Waals surface area contributed by atoms with Crippen molar-refractivity contribution in [2.24, 2.45) is 0 Å². The van der Waals surface area contributed by atoms with Crippen LogP contribution in [-0.2, 0) is 0 Å². The lowest BCUT2D eigenvalue weighted by Gasteiger charge is -2.04. The summed E-state index contributed by atoms with van der Waals surface area (Å²) in [7, 11) is 0. The van der Waals surface area contributed by atoms with Crippen LogP contribution in [0.4, 0.5) is 14.6 Å². The molecule has 0 saturated heterocycles. The van der Waals surface area contributed by atoms with E-state index in [-0.39, 0.29) is 16.9 Å². The van der Waals surface area contributed by atoms with Gasteiger partial charge in [0.15, 0.2) is 0 Å². The van der Waals surface area contributed by atoms with Crippen molar-refractivity contribution in [1.82, 2.24) is 4.98 Å². The number of anilines is 1. The maximum atomic E-state index is 13.4. The Kier molecular flexibility index (Phi) is 2.33. The quantitative estimate of drug-likeness (QED) is 0.778. The molecule has 0 bridgehead atoms. The van der Waals surface area contributed by atoms with Crippen molar-refractivity contribution >= 4 is 5.82 Å². The lowest BCUT2D eigenvalue weighted by molar-refractivity contribution is 0.615. The topological polar surface area (TPSA) is 38.9 Å². The Bertz CT molecular complexity index is 498. The fourth-order valence-corrected chi connectivity index (χ4v) is 1.32. The summed E-state index contributed by atoms with van der Waals surface area (Å²) in [5, 5.41) is 0. The van der Waals surface area contributed by atoms with E-state index < -0.39 is 11.6 Å². The number of hydrogen-bond acceptors (Lipinski definition) is 2. The van der Waals surface area contributed by atoms with Gasteiger partial charge in [0, 0.05) is 23.4 Å². The number of benzene rings is 1. The minimum Gasteiger partial charge on any atom is -0.384 e. The maximum Gasteiger partial charge on any atom is 0.136 e. The molecule has 0 saturated carbocycles. The Morgan fingerprint density at radius 3 is 2.40 bits per heavy atom. The van der Waals surface area contributed by atoms with Gasteiger partial charge in [-0.2, -0.15) is 0 Å². The van der Waals surface area contributed by atoms with Gasteiger partial charge in [0.05, 0.1) is 0 Å². The molecule has 0 aliphatic heterocycles. The van der Waals surface area contributed by atoms with Crippen molar-refractivity contribution in [1.29, 1.82) is 0 Å². The van der Waals surface area contributed by atoms with Crippen LogP contribution in [0.3, 0.4) is 0 Å². The number of pyridine rings is 1. The summed E-state index contributed by atoms with van der Waals surface area (Å²) in [4.78, 5) is 3.73. The predicted molar refractivity (Wildman–Crippen MR) is 54.0 cm³/mol. The van der Waals surface area contributed by atoms with Crippen LogP contribution in [0.1, 0.15) is 0 Å². The molecule has 1 heterocycles. The number of aromatic nitrogens is 1. The highest BCUT2D eigenvalue weighted by atomic mass is 19.1. The highest BCUT2D eigenvalue weighted by Gasteiger charge is 2.09. The van der Waals surface area contributed by atoms with Crippen molar-refractivity contribution < 1.29 is 8.78 Å². The smallest absolute Gasteiger partial charge is 0.136 e. The van der Waals surface area contributed by atoms with Crippen molar-refractivity contribution in [3.63, 3.8) is 0 Å². The molecule has 0 aliphatic carbocycles. The van der Waals surface area contributed by atoms with Gasteiger partial charge < -0.3 is 5.73 Å². The largest absolute Gasteiger partial charge is 0.384 e. The van der Waals surface area contributed by atoms with Crippen molar-refractivity contribution in [2.45, 2.75) is 0 Å². The van der Waals surface area contributed by atoms with Crippen molar-refractivity contribution in [2.75, 3.05) is 5.73 Å². The molecule has 4 heteroatoms. The molecular weight excluding hydrogens is 198 g/mol. The zero-order chi connectivity index (χ0) is 10.8. The maximum absolute atomic E-state index is 13.4. The zero-order valence-electron chi connectivity index (χ0n) is 7.74. The molecular formula is C11H8F2N2. The average molecular weight is 206 g/mol. The second-order valence-electron chi connectivity index (χ2n) is 3.07. The molecule has 0 fully saturated rings. The SMILES string of the molecule is Nc1cc(F)c(-c2ccccc2F)cn1. The van der Waals surface area contributed by atoms with E-state index in [1.807, 2.05) is 0 Å². The summed E-state index contributed by atoms with van der Waals surface area (Å²) < 4.78 is 26.8. The van der Waals surface area contributed by atoms with Crippen LogP contribution < -0.4 is 5.73 Å². The Morgan fingerprint density at radius 2 is 1.73 bits per heavy atom. The van der Waals surface area contributed by atoms with E-state index in [9.17, 15) is 8.78 Å². The van der Waals surface area contributed by atoms with E-state index in [4.69, 9.17) is 5.73 Å². The van der Waals surface area contributed by atoms with Crippen LogP contribution in [-0.4, -0.2) is 4.98 Å². The van der Waals surface area contributed by atoms with Crippen LogP contribution in [0.5, 0.6) is 0 Å². The average Bonchev–Trinajstić information content (AvgIpc) is 2.20. The molecule has 0 radical (unpaired) electrons. The third-order valence-corrected chi connectivity index (χ3v) is 2.04. The second kappa shape index (κ2) is 3.65. The van der Waals surface area contributed by atoms with E-state index in [1.165, 1.54) is 18.3 Å². The first-order chi connectivity index (χ1) is 7.18. The van der Waals surface area contributed by atoms with E-state index in [2.05, 4.69) is 4.98 Å². The first-order valence-corrected chi connectivity index (χ1v) is 4.34. The third-order valence-electron chi connectivity index (χ3n) is 2.04. The summed E-state index contributed by atoms with van der Waals surface area (Å²) >= 11 is 0. The molecule has 0 unspecified atom stereocenters. The summed E-state index contributed by atoms with van der Waals surface area (Å²) in [6.07, 6.45) is 1.23. The fraction of sp³-hybridized carbons (Fsp3) is 0. The standard InChI is InChI=1S/C11H8F2N2/c12-9-4-2-1-3-7(9)8-6-15-11(14)5-10(8)13/h1-6H,(H2,14,15). The van der Waals surface area contributed by atoms with Crippen LogP contribution in [0.2, 0.25) is 0 Å². The van der Waals surface area contributed by atoms with Crippen molar-refractivity contribution in [3.05, 3.63) is 48.2 Å². The first kappa shape index (κ1) is 9.58. The molecule has 15 heavy (non-hydrogen) atoms. The predicted octanol–water partition coefficient (Wildman–Crippen LogP) is 2.61. The molecule has 1 aromatic carbocycles. The van der Waals surface area contributed by atoms with Gasteiger partial charge in [-0.15, -0.1) is 0 Å². The summed E-state index contributed by atoms with van der Waals surface area (Å²) in [6, 6.07) is 7.01. The summed E-state index contributed by atoms with van der Waals surface area (Å²) in [5.41, 5.74) is 5.59. The molecule has 1 aromatic heterocycles. The monoisotopic (exact) mass is 206 g/mol. The molecule has 2 nitrogen and oxygen atoms in total. The fourth-order valence-electron chi connectivity index (χ4n) is 1.32. The van der Waals surface area contributed by atoms with Crippen LogP contribution in [0, 0.1) is 11.6 Å². The summed E-state index contributed by atoms with van der Waals surface area (Å²) in [6.45, 7) is 0. The molecule has 2 rings (SSSR count). The number of rotatable bonds is 1. The second-order valence-corrected chi connectivity index (χ2v) is 3.07. The van der Waals surface area contributed by atoms with Gasteiger partial charge in [-0.1, -0.05) is 18.2 Å². The lowest BCUT2D eigenvalue weighted by Crippen LogP contribution is -1.94. The third kappa shape index (κ3) is 1.79. The zero-order valence-corrected chi connectivity index (χ0v) is 7.74. The molecule has 2 aromatic rings. The van der Waals surface area contributed by atoms with E-state index in [0.29, 0.717) is 0 Å². The normalized spacial score (nSPS) is 10.3. The van der Waals surface area contributed by atoms with Gasteiger partial charge in [-0.25, -0.2) is 13.8 Å². The van der Waals surface area contributed by atoms with Gasteiger partial charge in [0.25, 0.3) is 0 Å². The number of nitrogen functional groups attached to an aromatic ring is 1. The Hall–Kier alpha value is -1.97. The molecule has 0 atom stereocenters. The van der Waals surface area contributed by atoms with Gasteiger partial charge in [0.1, 0.15) is 17.5 Å². The van der Waals surface area contributed by atoms with Gasteiger partial charge in [-0.05, 0) is 6.07 Å². The first-order valence-electron chi connectivity index (χ1n) is 4.34. The van der Waals surface area contributed by atoms with Crippen molar-refractivity contribution in [3.8, 4) is 11.1 Å². The van der Waals surface area contributed by atoms with Gasteiger partial charge >= 0.3 is 0 Å². The van der Waals surface area contributed by atoms with Gasteiger partial charge in [0.2, 0.25) is 0 Å². The van der Waals surface area contributed by atoms with E-state index >= 15 is 0 Å². The Balaban J connectivity index is 2.60. The minimum atomic E-state index is -0.576. The van der Waals surface area contributed by atoms with E-state index in [0.717, 1.165) is 6.07 Å². The molecule has 0 amide bonds. The van der Waals surface area contributed by atoms with Crippen LogP contribution >= 0.6 is 0 Å².